The average molecular weight is 1020 g/mol. The van der Waals surface area contributed by atoms with Crippen molar-refractivity contribution in [1.29, 1.82) is 0 Å². The summed E-state index contributed by atoms with van der Waals surface area (Å²) in [5.41, 5.74) is 8.86. The number of nitrogens with one attached hydrogen (secondary N) is 3. The Balaban J connectivity index is 0.741. The monoisotopic (exact) mass is 1020 g/mol. The van der Waals surface area contributed by atoms with Crippen molar-refractivity contribution in [1.82, 2.24) is 30.0 Å². The summed E-state index contributed by atoms with van der Waals surface area (Å²) < 4.78 is 15.1. The van der Waals surface area contributed by atoms with Gasteiger partial charge >= 0.3 is 5.97 Å². The van der Waals surface area contributed by atoms with Gasteiger partial charge in [-0.05, 0) is 143 Å². The van der Waals surface area contributed by atoms with Crippen molar-refractivity contribution in [2.75, 3.05) is 48.3 Å². The van der Waals surface area contributed by atoms with Crippen LogP contribution in [0.2, 0.25) is 0 Å². The van der Waals surface area contributed by atoms with E-state index in [1.54, 1.807) is 11.7 Å². The molecule has 0 saturated carbocycles. The smallest absolute Gasteiger partial charge is 0.358 e. The molecule has 7 aromatic rings. The minimum absolute atomic E-state index is 0.106. The van der Waals surface area contributed by atoms with Gasteiger partial charge in [-0.2, -0.15) is 5.10 Å². The summed E-state index contributed by atoms with van der Waals surface area (Å²) in [4.78, 5) is 79.2. The molecule has 16 nitrogen and oxygen atoms in total. The quantitative estimate of drug-likeness (QED) is 0.0534. The lowest BCUT2D eigenvalue weighted by molar-refractivity contribution is -0.134. The maximum absolute atomic E-state index is 14.1. The Labute approximate surface area is 433 Å². The molecule has 6 heterocycles. The number of thiazole rings is 1. The molecule has 3 N–H and O–H groups in total. The minimum Gasteiger partial charge on any atom is -0.455 e. The number of piperidine rings is 2. The van der Waals surface area contributed by atoms with Gasteiger partial charge in [0, 0.05) is 68.5 Å². The van der Waals surface area contributed by atoms with Crippen LogP contribution in [-0.4, -0.2) is 98.7 Å². The number of pyridine rings is 1. The number of anilines is 3. The van der Waals surface area contributed by atoms with Gasteiger partial charge in [-0.15, -0.1) is 0 Å². The normalized spacial score (nSPS) is 16.6. The minimum atomic E-state index is -0.740. The number of carbonyl (C=O) groups excluding carboxylic acids is 5. The fourth-order valence-electron chi connectivity index (χ4n) is 10.4. The third-order valence-corrected chi connectivity index (χ3v) is 15.1. The first-order valence-electron chi connectivity index (χ1n) is 25.4. The number of aromatic nitrogens is 4. The van der Waals surface area contributed by atoms with E-state index >= 15 is 0 Å². The van der Waals surface area contributed by atoms with E-state index in [0.29, 0.717) is 66.0 Å². The zero-order chi connectivity index (χ0) is 51.7. The second kappa shape index (κ2) is 21.2. The highest BCUT2D eigenvalue weighted by molar-refractivity contribution is 7.22. The molecule has 0 bridgehead atoms. The van der Waals surface area contributed by atoms with Crippen LogP contribution in [-0.2, 0) is 50.3 Å². The predicted octanol–water partition coefficient (Wildman–Crippen LogP) is 8.90. The van der Waals surface area contributed by atoms with Crippen molar-refractivity contribution < 1.29 is 33.4 Å². The first-order chi connectivity index (χ1) is 35.6. The molecule has 2 saturated heterocycles. The Morgan fingerprint density at radius 1 is 0.865 bits per heavy atom. The van der Waals surface area contributed by atoms with Crippen molar-refractivity contribution in [3.63, 3.8) is 0 Å². The zero-order valence-corrected chi connectivity index (χ0v) is 43.3. The van der Waals surface area contributed by atoms with Crippen LogP contribution in [0.1, 0.15) is 108 Å². The fraction of sp³-hybridized carbons (Fsp3) is 0.368. The Kier molecular flexibility index (Phi) is 14.4. The molecule has 1 atom stereocenters. The lowest BCUT2D eigenvalue weighted by atomic mass is 9.93. The summed E-state index contributed by atoms with van der Waals surface area (Å²) in [6.45, 7) is 11.1. The maximum Gasteiger partial charge on any atom is 0.358 e. The van der Waals surface area contributed by atoms with Gasteiger partial charge in [0.1, 0.15) is 11.4 Å². The number of nitrogens with zero attached hydrogens (tertiary/aromatic N) is 6. The van der Waals surface area contributed by atoms with Crippen LogP contribution in [0.4, 0.5) is 16.6 Å². The molecule has 0 radical (unpaired) electrons. The van der Waals surface area contributed by atoms with E-state index in [9.17, 15) is 24.0 Å². The molecule has 3 aliphatic rings. The SMILES string of the molecule is Cc1c(CCCOC2CCN(CC(=O)Nc3ccc4c(C5CCC(=O)NC5=O)nn(C)c4c3)CC2)cccc1-c1ccc(N2CCc3cccc(C(=O)Nc4nc5ccccc5s4)c3C2)nc1C(=O)OC(C)(C)C. The van der Waals surface area contributed by atoms with E-state index in [2.05, 4.69) is 54.9 Å². The molecule has 0 aliphatic carbocycles. The van der Waals surface area contributed by atoms with E-state index < -0.39 is 17.5 Å². The van der Waals surface area contributed by atoms with Gasteiger partial charge < -0.3 is 19.7 Å². The molecule has 0 spiro atoms. The van der Waals surface area contributed by atoms with Crippen LogP contribution >= 0.6 is 11.3 Å². The van der Waals surface area contributed by atoms with E-state index in [4.69, 9.17) is 14.5 Å². The summed E-state index contributed by atoms with van der Waals surface area (Å²) in [7, 11) is 1.81. The van der Waals surface area contributed by atoms with E-state index in [-0.39, 0.29) is 48.4 Å². The van der Waals surface area contributed by atoms with Crippen molar-refractivity contribution in [2.24, 2.45) is 7.05 Å². The number of hydrogen-bond acceptors (Lipinski definition) is 13. The van der Waals surface area contributed by atoms with Crippen molar-refractivity contribution in [2.45, 2.75) is 96.8 Å². The Bertz CT molecular complexity index is 3280. The number of ether oxygens (including phenoxy) is 2. The van der Waals surface area contributed by atoms with E-state index in [1.807, 2.05) is 99.6 Å². The van der Waals surface area contributed by atoms with Gasteiger partial charge in [-0.3, -0.25) is 39.4 Å². The Morgan fingerprint density at radius 2 is 1.68 bits per heavy atom. The number of carbonyl (C=O) groups is 5. The number of para-hydroxylation sites is 1. The van der Waals surface area contributed by atoms with Crippen molar-refractivity contribution in [3.8, 4) is 11.1 Å². The highest BCUT2D eigenvalue weighted by Crippen LogP contribution is 2.35. The second-order valence-electron chi connectivity index (χ2n) is 20.5. The molecule has 17 heteroatoms. The van der Waals surface area contributed by atoms with E-state index in [1.165, 1.54) is 11.3 Å². The third kappa shape index (κ3) is 11.1. The summed E-state index contributed by atoms with van der Waals surface area (Å²) >= 11 is 1.44. The average Bonchev–Trinajstić information content (AvgIpc) is 3.94. The predicted molar refractivity (Wildman–Crippen MR) is 287 cm³/mol. The Morgan fingerprint density at radius 3 is 2.47 bits per heavy atom. The topological polar surface area (TPSA) is 190 Å². The zero-order valence-electron chi connectivity index (χ0n) is 42.5. The standard InChI is InChI=1S/C57H61N9O7S/c1-34-35(13-10-30-72-38-25-27-65(28-26-38)33-50(68)58-37-18-19-42-46(31-37)64(5)63-51(42)43-21-23-49(67)61-54(43)70)11-8-14-39(34)40-20-22-48(60-52(40)55(71)73-57(2,3)4)66-29-24-36-12-9-15-41(44(36)32-66)53(69)62-56-59-45-16-6-7-17-47(45)74-56/h6-9,11-12,14-20,22,31,38,43H,10,13,21,23-30,32-33H2,1-5H3,(H,58,68)(H,59,62,69)(H,61,67,70). The number of likely N-dealkylation sites (tertiary alicyclic amines) is 1. The maximum atomic E-state index is 14.1. The molecule has 3 aliphatic heterocycles. The number of rotatable bonds is 14. The summed E-state index contributed by atoms with van der Waals surface area (Å²) in [6.07, 6.45) is 4.76. The number of benzene rings is 4. The van der Waals surface area contributed by atoms with Crippen LogP contribution in [0.5, 0.6) is 0 Å². The summed E-state index contributed by atoms with van der Waals surface area (Å²) in [5.74, 6) is -1.28. The van der Waals surface area contributed by atoms with Gasteiger partial charge in [-0.25, -0.2) is 14.8 Å². The fourth-order valence-corrected chi connectivity index (χ4v) is 11.2. The third-order valence-electron chi connectivity index (χ3n) is 14.1. The molecule has 3 aromatic heterocycles. The number of aryl methyl sites for hydroxylation is 2. The molecule has 74 heavy (non-hydrogen) atoms. The molecular weight excluding hydrogens is 955 g/mol. The second-order valence-corrected chi connectivity index (χ2v) is 21.5. The molecule has 10 rings (SSSR count). The van der Waals surface area contributed by atoms with Gasteiger partial charge in [0.25, 0.3) is 5.91 Å². The lowest BCUT2D eigenvalue weighted by Gasteiger charge is -2.31. The van der Waals surface area contributed by atoms with Gasteiger partial charge in [0.2, 0.25) is 17.7 Å². The number of amides is 4. The molecule has 1 unspecified atom stereocenters. The molecule has 4 aromatic carbocycles. The molecule has 4 amide bonds. The summed E-state index contributed by atoms with van der Waals surface area (Å²) in [6, 6.07) is 29.3. The molecular formula is C57H61N9O7S. The van der Waals surface area contributed by atoms with Crippen LogP contribution in [0, 0.1) is 6.92 Å². The number of hydrogen-bond donors (Lipinski definition) is 3. The van der Waals surface area contributed by atoms with Crippen LogP contribution < -0.4 is 20.9 Å². The van der Waals surface area contributed by atoms with Gasteiger partial charge in [0.05, 0.1) is 40.0 Å². The number of esters is 1. The lowest BCUT2D eigenvalue weighted by Crippen LogP contribution is -2.41. The van der Waals surface area contributed by atoms with Crippen LogP contribution in [0.3, 0.4) is 0 Å². The van der Waals surface area contributed by atoms with Gasteiger partial charge in [0.15, 0.2) is 10.8 Å². The first kappa shape index (κ1) is 50.2. The summed E-state index contributed by atoms with van der Waals surface area (Å²) in [5, 5.41) is 14.5. The van der Waals surface area contributed by atoms with Crippen LogP contribution in [0.25, 0.3) is 32.2 Å². The molecule has 382 valence electrons. The number of fused-ring (bicyclic) bond motifs is 3. The first-order valence-corrected chi connectivity index (χ1v) is 26.3. The highest BCUT2D eigenvalue weighted by atomic mass is 32.1. The Hall–Kier alpha value is -7.34. The molecule has 2 fully saturated rings. The van der Waals surface area contributed by atoms with Crippen molar-refractivity contribution >= 4 is 78.7 Å². The van der Waals surface area contributed by atoms with Gasteiger partial charge in [-0.1, -0.05) is 53.8 Å². The highest BCUT2D eigenvalue weighted by Gasteiger charge is 2.32. The van der Waals surface area contributed by atoms with Crippen molar-refractivity contribution in [3.05, 3.63) is 130 Å². The van der Waals surface area contributed by atoms with E-state index in [0.717, 1.165) is 87.7 Å². The van der Waals surface area contributed by atoms with Crippen LogP contribution in [0.15, 0.2) is 91.0 Å². The number of imide groups is 1. The largest absolute Gasteiger partial charge is 0.455 e.